The number of ether oxygens (including phenoxy) is 1. The van der Waals surface area contributed by atoms with Crippen LogP contribution in [0.2, 0.25) is 0 Å². The number of esters is 1. The largest absolute Gasteiger partial charge is 0.468 e. The number of rotatable bonds is 1. The van der Waals surface area contributed by atoms with Crippen molar-refractivity contribution in [3.05, 3.63) is 0 Å². The van der Waals surface area contributed by atoms with Gasteiger partial charge in [-0.25, -0.2) is 0 Å². The summed E-state index contributed by atoms with van der Waals surface area (Å²) in [6.45, 7) is 1.37. The van der Waals surface area contributed by atoms with Gasteiger partial charge < -0.3 is 15.2 Å². The fraction of sp³-hybridized carbons (Fsp3) is 0.889. The number of carbonyl (C=O) groups is 1. The van der Waals surface area contributed by atoms with E-state index in [0.717, 1.165) is 19.4 Å². The van der Waals surface area contributed by atoms with Gasteiger partial charge in [-0.05, 0) is 18.8 Å². The van der Waals surface area contributed by atoms with Gasteiger partial charge in [-0.15, -0.1) is 0 Å². The molecule has 4 heteroatoms. The van der Waals surface area contributed by atoms with Crippen LogP contribution >= 0.6 is 0 Å². The van der Waals surface area contributed by atoms with Crippen molar-refractivity contribution in [3.8, 4) is 0 Å². The summed E-state index contributed by atoms with van der Waals surface area (Å²) in [7, 11) is 1.38. The highest BCUT2D eigenvalue weighted by atomic mass is 16.5. The van der Waals surface area contributed by atoms with E-state index in [9.17, 15) is 9.90 Å². The number of methoxy groups -OCH3 is 1. The third kappa shape index (κ3) is 1.09. The number of hydrogen-bond acceptors (Lipinski definition) is 4. The van der Waals surface area contributed by atoms with Crippen LogP contribution in [0.5, 0.6) is 0 Å². The second-order valence-electron chi connectivity index (χ2n) is 4.02. The maximum atomic E-state index is 11.5. The summed E-state index contributed by atoms with van der Waals surface area (Å²) in [5, 5.41) is 13.1. The first-order valence-electron chi connectivity index (χ1n) is 4.68. The summed E-state index contributed by atoms with van der Waals surface area (Å²) < 4.78 is 4.74. The molecule has 0 aromatic heterocycles. The number of nitrogens with one attached hydrogen (secondary N) is 1. The molecule has 2 bridgehead atoms. The summed E-state index contributed by atoms with van der Waals surface area (Å²) >= 11 is 0. The van der Waals surface area contributed by atoms with Crippen LogP contribution < -0.4 is 5.32 Å². The molecule has 74 valence electrons. The number of hydrogen-bond donors (Lipinski definition) is 2. The molecule has 13 heavy (non-hydrogen) atoms. The Balaban J connectivity index is 2.25. The molecule has 2 aliphatic rings. The Labute approximate surface area is 77.3 Å². The molecule has 0 amide bonds. The van der Waals surface area contributed by atoms with E-state index in [-0.39, 0.29) is 11.9 Å². The molecule has 0 aromatic carbocycles. The Kier molecular flexibility index (Phi) is 2.04. The van der Waals surface area contributed by atoms with Crippen molar-refractivity contribution < 1.29 is 14.6 Å². The predicted molar refractivity (Wildman–Crippen MR) is 46.0 cm³/mol. The molecule has 0 aromatic rings. The van der Waals surface area contributed by atoms with E-state index >= 15 is 0 Å². The summed E-state index contributed by atoms with van der Waals surface area (Å²) in [5.74, 6) is -0.0393. The average molecular weight is 185 g/mol. The molecule has 1 saturated heterocycles. The van der Waals surface area contributed by atoms with Gasteiger partial charge >= 0.3 is 5.97 Å². The molecule has 0 unspecified atom stereocenters. The molecule has 1 heterocycles. The summed E-state index contributed by atoms with van der Waals surface area (Å²) in [6, 6.07) is 0. The Hall–Kier alpha value is -0.610. The van der Waals surface area contributed by atoms with Gasteiger partial charge in [0.05, 0.1) is 13.2 Å². The number of aliphatic hydroxyl groups excluding tert-OH is 1. The first-order chi connectivity index (χ1) is 6.20. The lowest BCUT2D eigenvalue weighted by atomic mass is 9.80. The minimum atomic E-state index is -0.655. The highest BCUT2D eigenvalue weighted by Gasteiger charge is 2.55. The molecule has 1 aliphatic heterocycles. The first kappa shape index (κ1) is 8.97. The molecule has 1 saturated carbocycles. The van der Waals surface area contributed by atoms with E-state index in [1.54, 1.807) is 0 Å². The van der Waals surface area contributed by atoms with Crippen LogP contribution in [0.1, 0.15) is 12.8 Å². The zero-order chi connectivity index (χ0) is 9.47. The topological polar surface area (TPSA) is 58.6 Å². The van der Waals surface area contributed by atoms with E-state index in [1.165, 1.54) is 7.11 Å². The molecule has 2 rings (SSSR count). The standard InChI is InChI=1S/C9H15NO3/c1-13-8(12)9-3-2-6(7(9)11)4-10-5-9/h6-7,10-11H,2-5H2,1H3/t6-,7-,9-/m0/s1. The Bertz CT molecular complexity index is 227. The van der Waals surface area contributed by atoms with Crippen LogP contribution in [-0.2, 0) is 9.53 Å². The first-order valence-corrected chi connectivity index (χ1v) is 4.68. The van der Waals surface area contributed by atoms with Crippen LogP contribution in [0.3, 0.4) is 0 Å². The third-order valence-corrected chi connectivity index (χ3v) is 3.41. The minimum Gasteiger partial charge on any atom is -0.468 e. The predicted octanol–water partition coefficient (Wildman–Crippen LogP) is -0.480. The summed E-state index contributed by atoms with van der Waals surface area (Å²) in [4.78, 5) is 11.5. The van der Waals surface area contributed by atoms with Crippen molar-refractivity contribution in [1.29, 1.82) is 0 Å². The van der Waals surface area contributed by atoms with Crippen molar-refractivity contribution in [1.82, 2.24) is 5.32 Å². The van der Waals surface area contributed by atoms with Gasteiger partial charge in [-0.1, -0.05) is 0 Å². The zero-order valence-electron chi connectivity index (χ0n) is 7.75. The second kappa shape index (κ2) is 2.96. The van der Waals surface area contributed by atoms with Crippen molar-refractivity contribution in [2.45, 2.75) is 18.9 Å². The number of piperidine rings is 1. The normalized spacial score (nSPS) is 43.2. The van der Waals surface area contributed by atoms with Gasteiger partial charge in [0.25, 0.3) is 0 Å². The van der Waals surface area contributed by atoms with Crippen molar-refractivity contribution in [2.75, 3.05) is 20.2 Å². The minimum absolute atomic E-state index is 0.229. The quantitative estimate of drug-likeness (QED) is 0.542. The number of fused-ring (bicyclic) bond motifs is 2. The fourth-order valence-corrected chi connectivity index (χ4v) is 2.59. The van der Waals surface area contributed by atoms with Crippen LogP contribution in [0.25, 0.3) is 0 Å². The molecular weight excluding hydrogens is 170 g/mol. The highest BCUT2D eigenvalue weighted by Crippen LogP contribution is 2.44. The van der Waals surface area contributed by atoms with Crippen molar-refractivity contribution in [3.63, 3.8) is 0 Å². The van der Waals surface area contributed by atoms with Gasteiger partial charge in [0.15, 0.2) is 0 Å². The van der Waals surface area contributed by atoms with Crippen LogP contribution in [0.15, 0.2) is 0 Å². The van der Waals surface area contributed by atoms with Crippen LogP contribution in [0, 0.1) is 11.3 Å². The third-order valence-electron chi connectivity index (χ3n) is 3.41. The van der Waals surface area contributed by atoms with Crippen LogP contribution in [-0.4, -0.2) is 37.4 Å². The van der Waals surface area contributed by atoms with Crippen molar-refractivity contribution >= 4 is 5.97 Å². The molecule has 2 N–H and O–H groups in total. The molecular formula is C9H15NO3. The lowest BCUT2D eigenvalue weighted by Crippen LogP contribution is -2.54. The van der Waals surface area contributed by atoms with E-state index in [2.05, 4.69) is 5.32 Å². The summed E-state index contributed by atoms with van der Waals surface area (Å²) in [5.41, 5.74) is -0.655. The molecule has 2 fully saturated rings. The number of carbonyl (C=O) groups excluding carboxylic acids is 1. The van der Waals surface area contributed by atoms with E-state index in [1.807, 2.05) is 0 Å². The molecule has 3 atom stereocenters. The molecule has 4 nitrogen and oxygen atoms in total. The van der Waals surface area contributed by atoms with E-state index in [0.29, 0.717) is 6.54 Å². The monoisotopic (exact) mass is 185 g/mol. The van der Waals surface area contributed by atoms with E-state index < -0.39 is 11.5 Å². The Morgan fingerprint density at radius 3 is 3.15 bits per heavy atom. The SMILES string of the molecule is COC(=O)[C@@]12CC[C@@H](CNC1)[C@@H]2O. The van der Waals surface area contributed by atoms with Gasteiger partial charge in [0, 0.05) is 13.1 Å². The molecule has 0 radical (unpaired) electrons. The fourth-order valence-electron chi connectivity index (χ4n) is 2.59. The van der Waals surface area contributed by atoms with Gasteiger partial charge in [-0.2, -0.15) is 0 Å². The summed E-state index contributed by atoms with van der Waals surface area (Å²) in [6.07, 6.45) is 1.16. The number of aliphatic hydroxyl groups is 1. The van der Waals surface area contributed by atoms with Crippen molar-refractivity contribution in [2.24, 2.45) is 11.3 Å². The lowest BCUT2D eigenvalue weighted by Gasteiger charge is -2.35. The lowest BCUT2D eigenvalue weighted by molar-refractivity contribution is -0.160. The smallest absolute Gasteiger partial charge is 0.315 e. The Morgan fingerprint density at radius 2 is 2.46 bits per heavy atom. The molecule has 1 aliphatic carbocycles. The zero-order valence-corrected chi connectivity index (χ0v) is 7.75. The van der Waals surface area contributed by atoms with Crippen LogP contribution in [0.4, 0.5) is 0 Å². The van der Waals surface area contributed by atoms with Gasteiger partial charge in [0.2, 0.25) is 0 Å². The molecule has 0 spiro atoms. The maximum Gasteiger partial charge on any atom is 0.315 e. The second-order valence-corrected chi connectivity index (χ2v) is 4.02. The van der Waals surface area contributed by atoms with Gasteiger partial charge in [-0.3, -0.25) is 4.79 Å². The van der Waals surface area contributed by atoms with Gasteiger partial charge in [0.1, 0.15) is 5.41 Å². The maximum absolute atomic E-state index is 11.5. The average Bonchev–Trinajstić information content (AvgIpc) is 2.40. The highest BCUT2D eigenvalue weighted by molar-refractivity contribution is 5.78. The Morgan fingerprint density at radius 1 is 1.69 bits per heavy atom. The van der Waals surface area contributed by atoms with E-state index in [4.69, 9.17) is 4.74 Å².